The molecule has 0 saturated carbocycles. The smallest absolute Gasteiger partial charge is 0.0496 e. The minimum Gasteiger partial charge on any atom is -0.127 e. The molecule has 0 aromatic rings. The molecule has 0 fully saturated rings. The Bertz CT molecular complexity index is 191. The highest BCUT2D eigenvalue weighted by Crippen LogP contribution is 2.20. The van der Waals surface area contributed by atoms with Crippen molar-refractivity contribution in [1.82, 2.24) is 0 Å². The van der Waals surface area contributed by atoms with Gasteiger partial charge < -0.3 is 0 Å². The van der Waals surface area contributed by atoms with Gasteiger partial charge in [0.2, 0.25) is 0 Å². The Morgan fingerprint density at radius 3 is 1.40 bits per heavy atom. The highest BCUT2D eigenvalue weighted by Gasteiger charge is 2.13. The first kappa shape index (κ1) is 21.1. The molecule has 20 heavy (non-hydrogen) atoms. The maximum absolute atomic E-state index is 6.25. The summed E-state index contributed by atoms with van der Waals surface area (Å²) in [5, 5.41) is 0.407. The van der Waals surface area contributed by atoms with Gasteiger partial charge in [0, 0.05) is 26.9 Å². The first-order chi connectivity index (χ1) is 9.72. The van der Waals surface area contributed by atoms with Gasteiger partial charge in [0.05, 0.1) is 0 Å². The van der Waals surface area contributed by atoms with Crippen molar-refractivity contribution in [2.45, 2.75) is 93.8 Å². The van der Waals surface area contributed by atoms with E-state index in [1.165, 1.54) is 70.6 Å². The lowest BCUT2D eigenvalue weighted by atomic mass is 10.0. The monoisotopic (exact) mass is 358 g/mol. The van der Waals surface area contributed by atoms with Crippen LogP contribution in [-0.4, -0.2) is 26.9 Å². The van der Waals surface area contributed by atoms with Crippen LogP contribution in [0.4, 0.5) is 0 Å². The Labute approximate surface area is 144 Å². The van der Waals surface area contributed by atoms with E-state index in [-0.39, 0.29) is 10.8 Å². The van der Waals surface area contributed by atoms with Crippen molar-refractivity contribution in [1.29, 1.82) is 0 Å². The van der Waals surface area contributed by atoms with Crippen molar-refractivity contribution >= 4 is 45.0 Å². The molecule has 0 aliphatic carbocycles. The maximum Gasteiger partial charge on any atom is 0.0496 e. The van der Waals surface area contributed by atoms with Gasteiger partial charge in [-0.05, 0) is 18.9 Å². The van der Waals surface area contributed by atoms with Gasteiger partial charge in [0.1, 0.15) is 0 Å². The van der Waals surface area contributed by atoms with E-state index >= 15 is 0 Å². The highest BCUT2D eigenvalue weighted by atomic mass is 35.5. The Kier molecular flexibility index (Phi) is 17.4. The van der Waals surface area contributed by atoms with Crippen LogP contribution in [0, 0.1) is 0 Å². The molecule has 0 nitrogen and oxygen atoms in total. The number of alkyl halides is 3. The second-order valence-electron chi connectivity index (χ2n) is 5.81. The number of rotatable bonds is 15. The molecule has 0 bridgehead atoms. The summed E-state index contributed by atoms with van der Waals surface area (Å²) >= 11 is 18.1. The Balaban J connectivity index is 3.10. The Morgan fingerprint density at radius 2 is 1.00 bits per heavy atom. The van der Waals surface area contributed by atoms with Crippen LogP contribution in [0.3, 0.4) is 0 Å². The van der Waals surface area contributed by atoms with Gasteiger partial charge in [-0.15, -0.1) is 34.8 Å². The molecule has 0 amide bonds. The fourth-order valence-electron chi connectivity index (χ4n) is 2.46. The van der Waals surface area contributed by atoms with Crippen LogP contribution in [0.25, 0.3) is 0 Å². The molecule has 0 aliphatic heterocycles. The van der Waals surface area contributed by atoms with Crippen molar-refractivity contribution in [2.75, 3.05) is 5.88 Å². The SMILES string of the molecule is [SiH3]CC(Cl)C(Cl)CCCCCCCCCCCCCCl. The molecule has 122 valence electrons. The molecule has 0 spiro atoms. The van der Waals surface area contributed by atoms with E-state index in [0.29, 0.717) is 0 Å². The van der Waals surface area contributed by atoms with Gasteiger partial charge in [-0.2, -0.15) is 0 Å². The van der Waals surface area contributed by atoms with Crippen LogP contribution in [0.1, 0.15) is 77.0 Å². The molecule has 0 N–H and O–H groups in total. The highest BCUT2D eigenvalue weighted by molar-refractivity contribution is 6.32. The average molecular weight is 360 g/mol. The third-order valence-electron chi connectivity index (χ3n) is 3.90. The summed E-state index contributed by atoms with van der Waals surface area (Å²) < 4.78 is 0. The van der Waals surface area contributed by atoms with E-state index in [2.05, 4.69) is 0 Å². The van der Waals surface area contributed by atoms with Crippen LogP contribution in [-0.2, 0) is 0 Å². The zero-order valence-electron chi connectivity index (χ0n) is 13.2. The molecule has 0 aromatic heterocycles. The minimum atomic E-state index is 0.196. The quantitative estimate of drug-likeness (QED) is 0.194. The van der Waals surface area contributed by atoms with Crippen LogP contribution >= 0.6 is 34.8 Å². The zero-order valence-corrected chi connectivity index (χ0v) is 17.5. The summed E-state index contributed by atoms with van der Waals surface area (Å²) in [4.78, 5) is 0. The maximum atomic E-state index is 6.25. The van der Waals surface area contributed by atoms with Crippen molar-refractivity contribution < 1.29 is 0 Å². The standard InChI is InChI=1S/C16H33Cl3Si/c17-13-11-9-7-5-3-1-2-4-6-8-10-12-15(18)16(19)14-20/h15-16H,1-14H2,20H3. The predicted octanol–water partition coefficient (Wildman–Crippen LogP) is 5.90. The zero-order chi connectivity index (χ0) is 15.1. The molecular formula is C16H33Cl3Si. The Hall–Kier alpha value is 1.09. The molecule has 4 heteroatoms. The molecule has 2 unspecified atom stereocenters. The largest absolute Gasteiger partial charge is 0.127 e. The van der Waals surface area contributed by atoms with Crippen molar-refractivity contribution in [3.63, 3.8) is 0 Å². The molecule has 0 radical (unpaired) electrons. The van der Waals surface area contributed by atoms with Crippen LogP contribution < -0.4 is 0 Å². The lowest BCUT2D eigenvalue weighted by Crippen LogP contribution is -2.14. The second-order valence-corrected chi connectivity index (χ2v) is 8.12. The van der Waals surface area contributed by atoms with Gasteiger partial charge in [0.25, 0.3) is 0 Å². The lowest BCUT2D eigenvalue weighted by Gasteiger charge is -2.13. The van der Waals surface area contributed by atoms with Crippen molar-refractivity contribution in [3.05, 3.63) is 0 Å². The van der Waals surface area contributed by atoms with Crippen LogP contribution in [0.15, 0.2) is 0 Å². The first-order valence-corrected chi connectivity index (χ1v) is 11.4. The fourth-order valence-corrected chi connectivity index (χ4v) is 3.98. The summed E-state index contributed by atoms with van der Waals surface area (Å²) in [5.41, 5.74) is 0. The second kappa shape index (κ2) is 16.5. The van der Waals surface area contributed by atoms with Gasteiger partial charge >= 0.3 is 0 Å². The van der Waals surface area contributed by atoms with Gasteiger partial charge in [-0.3, -0.25) is 0 Å². The van der Waals surface area contributed by atoms with Gasteiger partial charge in [-0.1, -0.05) is 64.2 Å². The van der Waals surface area contributed by atoms with E-state index in [9.17, 15) is 0 Å². The van der Waals surface area contributed by atoms with E-state index < -0.39 is 0 Å². The summed E-state index contributed by atoms with van der Waals surface area (Å²) in [7, 11) is 1.16. The van der Waals surface area contributed by atoms with Gasteiger partial charge in [0.15, 0.2) is 0 Å². The summed E-state index contributed by atoms with van der Waals surface area (Å²) in [6, 6.07) is 1.11. The third-order valence-corrected chi connectivity index (χ3v) is 6.82. The first-order valence-electron chi connectivity index (χ1n) is 8.56. The third kappa shape index (κ3) is 14.0. The number of unbranched alkanes of at least 4 members (excludes halogenated alkanes) is 10. The van der Waals surface area contributed by atoms with Crippen LogP contribution in [0.5, 0.6) is 0 Å². The summed E-state index contributed by atoms with van der Waals surface area (Å²) in [6.07, 6.45) is 15.9. The fraction of sp³-hybridized carbons (Fsp3) is 1.00. The topological polar surface area (TPSA) is 0 Å². The van der Waals surface area contributed by atoms with Crippen LogP contribution in [0.2, 0.25) is 6.04 Å². The molecular weight excluding hydrogens is 327 g/mol. The molecule has 0 heterocycles. The van der Waals surface area contributed by atoms with E-state index in [0.717, 1.165) is 28.6 Å². The predicted molar refractivity (Wildman–Crippen MR) is 100 cm³/mol. The van der Waals surface area contributed by atoms with E-state index in [1.807, 2.05) is 0 Å². The molecule has 0 aromatic carbocycles. The number of hydrogen-bond acceptors (Lipinski definition) is 0. The lowest BCUT2D eigenvalue weighted by molar-refractivity contribution is 0.540. The molecule has 0 aliphatic rings. The van der Waals surface area contributed by atoms with Gasteiger partial charge in [-0.25, -0.2) is 0 Å². The minimum absolute atomic E-state index is 0.196. The molecule has 0 rings (SSSR count). The average Bonchev–Trinajstić information content (AvgIpc) is 2.47. The summed E-state index contributed by atoms with van der Waals surface area (Å²) in [5.74, 6) is 0.827. The Morgan fingerprint density at radius 1 is 0.600 bits per heavy atom. The molecule has 0 saturated heterocycles. The normalized spacial score (nSPS) is 14.6. The number of halogens is 3. The summed E-state index contributed by atoms with van der Waals surface area (Å²) in [6.45, 7) is 0. The van der Waals surface area contributed by atoms with E-state index in [1.54, 1.807) is 0 Å². The number of hydrogen-bond donors (Lipinski definition) is 0. The van der Waals surface area contributed by atoms with Crippen molar-refractivity contribution in [3.8, 4) is 0 Å². The molecule has 2 atom stereocenters. The van der Waals surface area contributed by atoms with E-state index in [4.69, 9.17) is 34.8 Å². The van der Waals surface area contributed by atoms with Crippen molar-refractivity contribution in [2.24, 2.45) is 0 Å².